The number of hydrogen-bond donors (Lipinski definition) is 1. The zero-order chi connectivity index (χ0) is 28.9. The molecule has 7 nitrogen and oxygen atoms in total. The van der Waals surface area contributed by atoms with Crippen molar-refractivity contribution in [2.45, 2.75) is 17.5 Å². The number of nitrogens with zero attached hydrogens (tertiary/aromatic N) is 1. The summed E-state index contributed by atoms with van der Waals surface area (Å²) in [4.78, 5) is 41.8. The highest BCUT2D eigenvalue weighted by Crippen LogP contribution is 2.44. The summed E-state index contributed by atoms with van der Waals surface area (Å²) in [7, 11) is 0. The molecular formula is C34H28N2O5S. The van der Waals surface area contributed by atoms with Crippen LogP contribution >= 0.6 is 11.8 Å². The van der Waals surface area contributed by atoms with E-state index < -0.39 is 29.4 Å². The molecule has 2 heterocycles. The Labute approximate surface area is 248 Å². The lowest BCUT2D eigenvalue weighted by atomic mass is 9.98. The third-order valence-electron chi connectivity index (χ3n) is 7.14. The number of carbonyl (C=O) groups is 3. The number of esters is 1. The van der Waals surface area contributed by atoms with Gasteiger partial charge in [-0.2, -0.15) is 0 Å². The maximum absolute atomic E-state index is 14.1. The highest BCUT2D eigenvalue weighted by molar-refractivity contribution is 8.00. The minimum Gasteiger partial charge on any atom is -0.484 e. The van der Waals surface area contributed by atoms with E-state index in [1.807, 2.05) is 109 Å². The maximum atomic E-state index is 14.1. The summed E-state index contributed by atoms with van der Waals surface area (Å²) in [6.07, 6.45) is -0.667. The molecule has 0 spiro atoms. The van der Waals surface area contributed by atoms with Crippen LogP contribution < -0.4 is 10.1 Å². The molecule has 0 aromatic heterocycles. The first-order valence-corrected chi connectivity index (χ1v) is 14.7. The zero-order valence-electron chi connectivity index (χ0n) is 22.6. The van der Waals surface area contributed by atoms with Crippen LogP contribution in [0.25, 0.3) is 5.57 Å². The van der Waals surface area contributed by atoms with Crippen LogP contribution in [0, 0.1) is 0 Å². The number of thioether (sulfide) groups is 1. The average molecular weight is 577 g/mol. The summed E-state index contributed by atoms with van der Waals surface area (Å²) in [5.41, 5.74) is 3.39. The first-order chi connectivity index (χ1) is 20.6. The van der Waals surface area contributed by atoms with Crippen LogP contribution in [0.4, 0.5) is 0 Å². The first-order valence-electron chi connectivity index (χ1n) is 13.6. The van der Waals surface area contributed by atoms with Crippen LogP contribution in [-0.2, 0) is 19.1 Å². The van der Waals surface area contributed by atoms with Crippen molar-refractivity contribution in [1.82, 2.24) is 10.2 Å². The van der Waals surface area contributed by atoms with E-state index in [-0.39, 0.29) is 18.2 Å². The van der Waals surface area contributed by atoms with Gasteiger partial charge in [0.15, 0.2) is 12.7 Å². The molecule has 2 amide bonds. The molecule has 0 bridgehead atoms. The third kappa shape index (κ3) is 5.66. The van der Waals surface area contributed by atoms with Gasteiger partial charge in [-0.15, -0.1) is 11.8 Å². The summed E-state index contributed by atoms with van der Waals surface area (Å²) in [6.45, 7) is -0.221. The Kier molecular flexibility index (Phi) is 8.05. The summed E-state index contributed by atoms with van der Waals surface area (Å²) < 4.78 is 11.8. The molecule has 1 unspecified atom stereocenters. The van der Waals surface area contributed by atoms with Gasteiger partial charge >= 0.3 is 5.97 Å². The van der Waals surface area contributed by atoms with Crippen LogP contribution in [0.5, 0.6) is 5.75 Å². The fourth-order valence-corrected chi connectivity index (χ4v) is 6.47. The molecule has 6 rings (SSSR count). The van der Waals surface area contributed by atoms with Crippen LogP contribution in [-0.4, -0.2) is 46.5 Å². The molecule has 42 heavy (non-hydrogen) atoms. The molecule has 210 valence electrons. The summed E-state index contributed by atoms with van der Waals surface area (Å²) in [5, 5.41) is 2.35. The lowest BCUT2D eigenvalue weighted by Crippen LogP contribution is -2.70. The van der Waals surface area contributed by atoms with Crippen molar-refractivity contribution in [3.8, 4) is 5.75 Å². The molecule has 0 radical (unpaired) electrons. The molecule has 2 atom stereocenters. The number of rotatable bonds is 9. The largest absolute Gasteiger partial charge is 0.484 e. The minimum atomic E-state index is -0.777. The van der Waals surface area contributed by atoms with Gasteiger partial charge in [0.1, 0.15) is 22.9 Å². The lowest BCUT2D eigenvalue weighted by molar-refractivity contribution is -0.154. The molecule has 8 heteroatoms. The quantitative estimate of drug-likeness (QED) is 0.218. The predicted octanol–water partition coefficient (Wildman–Crippen LogP) is 5.21. The summed E-state index contributed by atoms with van der Waals surface area (Å²) in [6, 6.07) is 36.8. The number of β-lactam (4-membered cyclic amide) rings is 1. The van der Waals surface area contributed by atoms with Gasteiger partial charge < -0.3 is 14.8 Å². The molecular weight excluding hydrogens is 548 g/mol. The van der Waals surface area contributed by atoms with Crippen LogP contribution in [0.1, 0.15) is 22.8 Å². The highest BCUT2D eigenvalue weighted by Gasteiger charge is 2.54. The Bertz CT molecular complexity index is 1560. The third-order valence-corrected chi connectivity index (χ3v) is 8.42. The number of ether oxygens (including phenoxy) is 2. The number of benzene rings is 4. The van der Waals surface area contributed by atoms with Gasteiger partial charge in [-0.05, 0) is 28.8 Å². The van der Waals surface area contributed by atoms with Crippen LogP contribution in [0.15, 0.2) is 127 Å². The van der Waals surface area contributed by atoms with Crippen molar-refractivity contribution >= 4 is 35.1 Å². The van der Waals surface area contributed by atoms with Gasteiger partial charge in [0, 0.05) is 11.3 Å². The second-order valence-electron chi connectivity index (χ2n) is 9.86. The number of carbonyl (C=O) groups excluding carboxylic acids is 3. The Hall–Kier alpha value is -4.82. The standard InChI is InChI=1S/C34H28N2O5S/c37-28(21-40-26-19-11-4-12-20-26)35-29-32(38)36-30(27(22-42-33(29)36)23-13-5-1-6-14-23)34(39)41-31(24-15-7-2-8-16-24)25-17-9-3-10-18-25/h1-20,29,31,33H,21-22H2,(H,35,37)/t29?,33-/m1/s1. The normalized spacial score (nSPS) is 17.7. The van der Waals surface area contributed by atoms with Crippen molar-refractivity contribution in [2.75, 3.05) is 12.4 Å². The lowest BCUT2D eigenvalue weighted by Gasteiger charge is -2.49. The minimum absolute atomic E-state index is 0.206. The van der Waals surface area contributed by atoms with E-state index >= 15 is 0 Å². The molecule has 1 N–H and O–H groups in total. The average Bonchev–Trinajstić information content (AvgIpc) is 3.06. The fourth-order valence-electron chi connectivity index (χ4n) is 5.10. The van der Waals surface area contributed by atoms with Gasteiger partial charge in [-0.1, -0.05) is 109 Å². The monoisotopic (exact) mass is 576 g/mol. The number of amides is 2. The van der Waals surface area contributed by atoms with Crippen molar-refractivity contribution in [3.63, 3.8) is 0 Å². The molecule has 1 saturated heterocycles. The van der Waals surface area contributed by atoms with E-state index in [1.54, 1.807) is 12.1 Å². The molecule has 4 aromatic rings. The van der Waals surface area contributed by atoms with Gasteiger partial charge in [-0.25, -0.2) is 4.79 Å². The van der Waals surface area contributed by atoms with Gasteiger partial charge in [-0.3, -0.25) is 14.5 Å². The summed E-state index contributed by atoms with van der Waals surface area (Å²) >= 11 is 1.50. The molecule has 4 aromatic carbocycles. The van der Waals surface area contributed by atoms with E-state index in [0.29, 0.717) is 17.1 Å². The Morgan fingerprint density at radius 1 is 0.810 bits per heavy atom. The Balaban J connectivity index is 1.26. The van der Waals surface area contributed by atoms with Crippen molar-refractivity contribution in [2.24, 2.45) is 0 Å². The topological polar surface area (TPSA) is 84.9 Å². The SMILES string of the molecule is O=C(COc1ccccc1)NC1C(=O)N2C(C(=O)OC(c3ccccc3)c3ccccc3)=C(c3ccccc3)CS[C@H]12. The van der Waals surface area contributed by atoms with E-state index in [0.717, 1.165) is 16.7 Å². The summed E-state index contributed by atoms with van der Waals surface area (Å²) in [5.74, 6) is -0.336. The van der Waals surface area contributed by atoms with Gasteiger partial charge in [0.05, 0.1) is 0 Å². The van der Waals surface area contributed by atoms with Crippen molar-refractivity contribution in [3.05, 3.63) is 144 Å². The van der Waals surface area contributed by atoms with Gasteiger partial charge in [0.2, 0.25) is 0 Å². The number of nitrogens with one attached hydrogen (secondary N) is 1. The smallest absolute Gasteiger partial charge is 0.356 e. The van der Waals surface area contributed by atoms with Gasteiger partial charge in [0.25, 0.3) is 11.8 Å². The van der Waals surface area contributed by atoms with E-state index in [1.165, 1.54) is 16.7 Å². The number of para-hydroxylation sites is 1. The maximum Gasteiger partial charge on any atom is 0.356 e. The van der Waals surface area contributed by atoms with Crippen molar-refractivity contribution < 1.29 is 23.9 Å². The van der Waals surface area contributed by atoms with E-state index in [2.05, 4.69) is 5.32 Å². The Morgan fingerprint density at radius 3 is 1.95 bits per heavy atom. The first kappa shape index (κ1) is 27.4. The fraction of sp³-hybridized carbons (Fsp3) is 0.147. The molecule has 2 aliphatic heterocycles. The second kappa shape index (κ2) is 12.4. The second-order valence-corrected chi connectivity index (χ2v) is 11.0. The number of fused-ring (bicyclic) bond motifs is 1. The molecule has 1 fully saturated rings. The van der Waals surface area contributed by atoms with Crippen LogP contribution in [0.2, 0.25) is 0 Å². The zero-order valence-corrected chi connectivity index (χ0v) is 23.4. The van der Waals surface area contributed by atoms with Crippen LogP contribution in [0.3, 0.4) is 0 Å². The van der Waals surface area contributed by atoms with Crippen molar-refractivity contribution in [1.29, 1.82) is 0 Å². The molecule has 2 aliphatic rings. The molecule has 0 aliphatic carbocycles. The Morgan fingerprint density at radius 2 is 1.36 bits per heavy atom. The predicted molar refractivity (Wildman–Crippen MR) is 161 cm³/mol. The van der Waals surface area contributed by atoms with E-state index in [9.17, 15) is 14.4 Å². The van der Waals surface area contributed by atoms with E-state index in [4.69, 9.17) is 9.47 Å². The highest BCUT2D eigenvalue weighted by atomic mass is 32.2. The molecule has 0 saturated carbocycles. The number of hydrogen-bond acceptors (Lipinski definition) is 6.